The number of carbonyl (C=O) groups excluding carboxylic acids is 1. The lowest BCUT2D eigenvalue weighted by Crippen LogP contribution is -2.17. The Bertz CT molecular complexity index is 707. The number of primary amides is 1. The molecule has 1 aromatic heterocycles. The number of rotatable bonds is 6. The predicted octanol–water partition coefficient (Wildman–Crippen LogP) is 0.955. The van der Waals surface area contributed by atoms with Crippen molar-refractivity contribution in [1.82, 2.24) is 14.8 Å². The van der Waals surface area contributed by atoms with Gasteiger partial charge in [-0.2, -0.15) is 0 Å². The number of nitrogens with one attached hydrogen (secondary N) is 1. The van der Waals surface area contributed by atoms with Gasteiger partial charge in [-0.1, -0.05) is 24.8 Å². The molecule has 0 aliphatic rings. The van der Waals surface area contributed by atoms with Crippen molar-refractivity contribution in [3.05, 3.63) is 39.8 Å². The van der Waals surface area contributed by atoms with Gasteiger partial charge in [-0.3, -0.25) is 9.36 Å². The second-order valence-corrected chi connectivity index (χ2v) is 5.47. The predicted molar refractivity (Wildman–Crippen MR) is 82.1 cm³/mol. The quantitative estimate of drug-likeness (QED) is 0.542. The largest absolute Gasteiger partial charge is 0.398 e. The molecule has 1 amide bonds. The van der Waals surface area contributed by atoms with E-state index in [4.69, 9.17) is 11.5 Å². The molecule has 0 spiro atoms. The van der Waals surface area contributed by atoms with E-state index in [0.717, 1.165) is 12.0 Å². The van der Waals surface area contributed by atoms with Crippen molar-refractivity contribution < 1.29 is 4.79 Å². The Kier molecular flexibility index (Phi) is 4.69. The number of thioether (sulfide) groups is 1. The summed E-state index contributed by atoms with van der Waals surface area (Å²) < 4.78 is 1.60. The fourth-order valence-electron chi connectivity index (χ4n) is 1.86. The lowest BCUT2D eigenvalue weighted by atomic mass is 10.1. The van der Waals surface area contributed by atoms with Gasteiger partial charge in [0, 0.05) is 23.5 Å². The van der Waals surface area contributed by atoms with Crippen molar-refractivity contribution in [3.8, 4) is 0 Å². The highest BCUT2D eigenvalue weighted by Gasteiger charge is 2.10. The molecule has 0 atom stereocenters. The average molecular weight is 307 g/mol. The Hall–Kier alpha value is -2.22. The van der Waals surface area contributed by atoms with Crippen LogP contribution in [0.15, 0.2) is 28.2 Å². The maximum Gasteiger partial charge on any atom is 0.343 e. The lowest BCUT2D eigenvalue weighted by Gasteiger charge is -2.07. The minimum absolute atomic E-state index is 0.212. The maximum atomic E-state index is 11.6. The van der Waals surface area contributed by atoms with Gasteiger partial charge in [-0.15, -0.1) is 5.10 Å². The van der Waals surface area contributed by atoms with Gasteiger partial charge in [0.15, 0.2) is 5.16 Å². The number of nitrogens with two attached hydrogens (primary N) is 2. The Labute approximate surface area is 125 Å². The van der Waals surface area contributed by atoms with Crippen molar-refractivity contribution in [1.29, 1.82) is 0 Å². The molecular formula is C13H17N5O2S. The fourth-order valence-corrected chi connectivity index (χ4v) is 2.84. The first-order valence-corrected chi connectivity index (χ1v) is 7.47. The third kappa shape index (κ3) is 3.46. The zero-order valence-electron chi connectivity index (χ0n) is 11.6. The molecule has 1 aromatic carbocycles. The molecule has 112 valence electrons. The molecule has 0 unspecified atom stereocenters. The van der Waals surface area contributed by atoms with Crippen molar-refractivity contribution in [3.63, 3.8) is 0 Å². The van der Waals surface area contributed by atoms with E-state index >= 15 is 0 Å². The fraction of sp³-hybridized carbons (Fsp3) is 0.308. The van der Waals surface area contributed by atoms with E-state index in [1.165, 1.54) is 11.8 Å². The first-order chi connectivity index (χ1) is 10.0. The van der Waals surface area contributed by atoms with E-state index in [-0.39, 0.29) is 5.69 Å². The van der Waals surface area contributed by atoms with Gasteiger partial charge < -0.3 is 11.5 Å². The van der Waals surface area contributed by atoms with Gasteiger partial charge in [0.25, 0.3) is 0 Å². The van der Waals surface area contributed by atoms with Crippen molar-refractivity contribution >= 4 is 23.4 Å². The van der Waals surface area contributed by atoms with Crippen LogP contribution in [-0.4, -0.2) is 20.7 Å². The van der Waals surface area contributed by atoms with E-state index in [9.17, 15) is 9.59 Å². The van der Waals surface area contributed by atoms with Crippen LogP contribution in [0.4, 0.5) is 5.69 Å². The van der Waals surface area contributed by atoms with Crippen LogP contribution in [0.2, 0.25) is 0 Å². The Morgan fingerprint density at radius 1 is 1.48 bits per heavy atom. The third-order valence-electron chi connectivity index (χ3n) is 2.96. The highest BCUT2D eigenvalue weighted by molar-refractivity contribution is 7.98. The van der Waals surface area contributed by atoms with E-state index in [1.54, 1.807) is 22.8 Å². The van der Waals surface area contributed by atoms with E-state index < -0.39 is 5.91 Å². The Morgan fingerprint density at radius 2 is 2.24 bits per heavy atom. The standard InChI is InChI=1S/C13H17N5O2S/c1-2-5-18-12(20)16-17-13(18)21-7-9-4-3-8(11(15)19)6-10(9)14/h3-4,6H,2,5,7,14H2,1H3,(H2,15,19)(H,16,20). The summed E-state index contributed by atoms with van der Waals surface area (Å²) in [4.78, 5) is 22.7. The van der Waals surface area contributed by atoms with Gasteiger partial charge >= 0.3 is 5.69 Å². The number of aromatic amines is 1. The minimum atomic E-state index is -0.509. The van der Waals surface area contributed by atoms with Crippen LogP contribution in [-0.2, 0) is 12.3 Å². The smallest absolute Gasteiger partial charge is 0.343 e. The summed E-state index contributed by atoms with van der Waals surface area (Å²) in [7, 11) is 0. The molecule has 7 nitrogen and oxygen atoms in total. The van der Waals surface area contributed by atoms with Crippen LogP contribution in [0, 0.1) is 0 Å². The van der Waals surface area contributed by atoms with E-state index in [1.807, 2.05) is 6.92 Å². The molecule has 0 fully saturated rings. The average Bonchev–Trinajstić information content (AvgIpc) is 2.79. The SMILES string of the molecule is CCCn1c(SCc2ccc(C(N)=O)cc2N)n[nH]c1=O. The number of nitrogens with zero attached hydrogens (tertiary/aromatic N) is 2. The lowest BCUT2D eigenvalue weighted by molar-refractivity contribution is 0.100. The number of hydrogen-bond acceptors (Lipinski definition) is 5. The molecule has 1 heterocycles. The van der Waals surface area contributed by atoms with Gasteiger partial charge in [-0.05, 0) is 24.1 Å². The molecular weight excluding hydrogens is 290 g/mol. The number of amides is 1. The Morgan fingerprint density at radius 3 is 2.86 bits per heavy atom. The molecule has 0 aliphatic heterocycles. The summed E-state index contributed by atoms with van der Waals surface area (Å²) in [5.74, 6) is 0.0452. The molecule has 2 rings (SSSR count). The van der Waals surface area contributed by atoms with Gasteiger partial charge in [0.05, 0.1) is 0 Å². The highest BCUT2D eigenvalue weighted by atomic mass is 32.2. The molecule has 2 aromatic rings. The van der Waals surface area contributed by atoms with Gasteiger partial charge in [-0.25, -0.2) is 9.89 Å². The molecule has 8 heteroatoms. The maximum absolute atomic E-state index is 11.6. The van der Waals surface area contributed by atoms with Gasteiger partial charge in [0.2, 0.25) is 5.91 Å². The van der Waals surface area contributed by atoms with Crippen LogP contribution >= 0.6 is 11.8 Å². The number of benzene rings is 1. The molecule has 21 heavy (non-hydrogen) atoms. The summed E-state index contributed by atoms with van der Waals surface area (Å²) in [5, 5.41) is 7.06. The third-order valence-corrected chi connectivity index (χ3v) is 3.98. The first kappa shape index (κ1) is 15.2. The van der Waals surface area contributed by atoms with Crippen LogP contribution < -0.4 is 17.2 Å². The topological polar surface area (TPSA) is 120 Å². The minimum Gasteiger partial charge on any atom is -0.398 e. The summed E-state index contributed by atoms with van der Waals surface area (Å²) in [5.41, 5.74) is 12.6. The van der Waals surface area contributed by atoms with Gasteiger partial charge in [0.1, 0.15) is 0 Å². The number of carbonyl (C=O) groups is 1. The summed E-state index contributed by atoms with van der Waals surface area (Å²) in [6, 6.07) is 4.96. The van der Waals surface area contributed by atoms with E-state index in [0.29, 0.717) is 28.7 Å². The monoisotopic (exact) mass is 307 g/mol. The zero-order chi connectivity index (χ0) is 15.4. The molecule has 0 saturated carbocycles. The molecule has 0 aliphatic carbocycles. The number of anilines is 1. The van der Waals surface area contributed by atoms with Crippen molar-refractivity contribution in [2.45, 2.75) is 30.8 Å². The van der Waals surface area contributed by atoms with Crippen LogP contribution in [0.1, 0.15) is 29.3 Å². The van der Waals surface area contributed by atoms with Crippen LogP contribution in [0.25, 0.3) is 0 Å². The summed E-state index contributed by atoms with van der Waals surface area (Å²) >= 11 is 1.41. The molecule has 0 bridgehead atoms. The second kappa shape index (κ2) is 6.49. The molecule has 0 saturated heterocycles. The zero-order valence-corrected chi connectivity index (χ0v) is 12.4. The highest BCUT2D eigenvalue weighted by Crippen LogP contribution is 2.24. The summed E-state index contributed by atoms with van der Waals surface area (Å²) in [6.07, 6.45) is 0.850. The first-order valence-electron chi connectivity index (χ1n) is 6.49. The normalized spacial score (nSPS) is 10.7. The summed E-state index contributed by atoms with van der Waals surface area (Å²) in [6.45, 7) is 2.61. The Balaban J connectivity index is 2.13. The van der Waals surface area contributed by atoms with Crippen LogP contribution in [0.5, 0.6) is 0 Å². The number of hydrogen-bond donors (Lipinski definition) is 3. The number of H-pyrrole nitrogens is 1. The van der Waals surface area contributed by atoms with Crippen molar-refractivity contribution in [2.24, 2.45) is 5.73 Å². The molecule has 0 radical (unpaired) electrons. The number of nitrogen functional groups attached to an aromatic ring is 1. The van der Waals surface area contributed by atoms with E-state index in [2.05, 4.69) is 10.2 Å². The van der Waals surface area contributed by atoms with Crippen LogP contribution in [0.3, 0.4) is 0 Å². The second-order valence-electron chi connectivity index (χ2n) is 4.53. The van der Waals surface area contributed by atoms with Crippen molar-refractivity contribution in [2.75, 3.05) is 5.73 Å². The molecule has 5 N–H and O–H groups in total. The number of aromatic nitrogens is 3.